The third kappa shape index (κ3) is 5.89. The molecule has 0 aliphatic carbocycles. The van der Waals surface area contributed by atoms with Crippen molar-refractivity contribution in [2.45, 2.75) is 26.9 Å². The molecule has 0 aliphatic rings. The van der Waals surface area contributed by atoms with E-state index in [1.165, 1.54) is 5.56 Å². The number of hydrogen-bond donors (Lipinski definition) is 1. The number of nitrogens with zero attached hydrogens (tertiary/aromatic N) is 2. The molecule has 1 aromatic carbocycles. The van der Waals surface area contributed by atoms with Crippen LogP contribution >= 0.6 is 15.9 Å². The fourth-order valence-corrected chi connectivity index (χ4v) is 2.30. The molecule has 2 aromatic rings. The van der Waals surface area contributed by atoms with Crippen LogP contribution in [0.1, 0.15) is 19.4 Å². The van der Waals surface area contributed by atoms with E-state index >= 15 is 0 Å². The first-order valence-electron chi connectivity index (χ1n) is 7.24. The molecule has 0 saturated carbocycles. The van der Waals surface area contributed by atoms with Gasteiger partial charge in [-0.3, -0.25) is 4.68 Å². The molecule has 2 rings (SSSR count). The van der Waals surface area contributed by atoms with Crippen LogP contribution < -0.4 is 10.1 Å². The van der Waals surface area contributed by atoms with E-state index < -0.39 is 0 Å². The molecule has 0 unspecified atom stereocenters. The molecule has 5 heteroatoms. The van der Waals surface area contributed by atoms with Gasteiger partial charge in [-0.1, -0.05) is 26.0 Å². The zero-order chi connectivity index (χ0) is 15.1. The Morgan fingerprint density at radius 1 is 1.38 bits per heavy atom. The average Bonchev–Trinajstić information content (AvgIpc) is 2.85. The van der Waals surface area contributed by atoms with Crippen molar-refractivity contribution < 1.29 is 4.74 Å². The minimum Gasteiger partial charge on any atom is -0.492 e. The summed E-state index contributed by atoms with van der Waals surface area (Å²) in [6, 6.07) is 8.23. The summed E-state index contributed by atoms with van der Waals surface area (Å²) in [6.45, 7) is 7.67. The molecule has 0 bridgehead atoms. The van der Waals surface area contributed by atoms with Crippen LogP contribution in [0.4, 0.5) is 0 Å². The lowest BCUT2D eigenvalue weighted by atomic mass is 10.2. The number of hydrogen-bond acceptors (Lipinski definition) is 3. The molecule has 1 heterocycles. The molecular weight excluding hydrogens is 330 g/mol. The second-order valence-electron chi connectivity index (χ2n) is 5.44. The van der Waals surface area contributed by atoms with E-state index in [2.05, 4.69) is 52.3 Å². The van der Waals surface area contributed by atoms with Crippen molar-refractivity contribution in [1.29, 1.82) is 0 Å². The second kappa shape index (κ2) is 8.20. The monoisotopic (exact) mass is 351 g/mol. The van der Waals surface area contributed by atoms with Crippen LogP contribution in [0.3, 0.4) is 0 Å². The summed E-state index contributed by atoms with van der Waals surface area (Å²) in [7, 11) is 0. The highest BCUT2D eigenvalue weighted by molar-refractivity contribution is 9.10. The van der Waals surface area contributed by atoms with E-state index in [9.17, 15) is 0 Å². The molecule has 114 valence electrons. The Hall–Kier alpha value is -1.33. The Balaban J connectivity index is 1.77. The van der Waals surface area contributed by atoms with E-state index in [0.29, 0.717) is 12.5 Å². The van der Waals surface area contributed by atoms with Crippen LogP contribution in [-0.4, -0.2) is 22.9 Å². The first-order chi connectivity index (χ1) is 10.1. The van der Waals surface area contributed by atoms with Gasteiger partial charge in [-0.05, 0) is 46.1 Å². The lowest BCUT2D eigenvalue weighted by molar-refractivity contribution is 0.291. The largest absolute Gasteiger partial charge is 0.492 e. The molecule has 0 aliphatic heterocycles. The summed E-state index contributed by atoms with van der Waals surface area (Å²) in [6.07, 6.45) is 3.72. The van der Waals surface area contributed by atoms with Gasteiger partial charge in [0.05, 0.1) is 17.2 Å². The van der Waals surface area contributed by atoms with Gasteiger partial charge in [-0.2, -0.15) is 5.10 Å². The smallest absolute Gasteiger partial charge is 0.119 e. The molecule has 0 spiro atoms. The number of nitrogens with one attached hydrogen (secondary N) is 1. The molecule has 0 amide bonds. The van der Waals surface area contributed by atoms with E-state index in [0.717, 1.165) is 29.9 Å². The van der Waals surface area contributed by atoms with Gasteiger partial charge in [0.2, 0.25) is 0 Å². The quantitative estimate of drug-likeness (QED) is 0.791. The third-order valence-corrected chi connectivity index (χ3v) is 3.38. The van der Waals surface area contributed by atoms with Crippen molar-refractivity contribution in [1.82, 2.24) is 15.1 Å². The Labute approximate surface area is 134 Å². The molecule has 1 aromatic heterocycles. The first-order valence-corrected chi connectivity index (χ1v) is 8.03. The zero-order valence-electron chi connectivity index (χ0n) is 12.6. The van der Waals surface area contributed by atoms with Crippen LogP contribution in [0.15, 0.2) is 41.1 Å². The van der Waals surface area contributed by atoms with Gasteiger partial charge in [0.25, 0.3) is 0 Å². The predicted molar refractivity (Wildman–Crippen MR) is 88.4 cm³/mol. The molecule has 0 radical (unpaired) electrons. The molecule has 0 saturated heterocycles. The van der Waals surface area contributed by atoms with Crippen LogP contribution in [0.2, 0.25) is 0 Å². The average molecular weight is 352 g/mol. The van der Waals surface area contributed by atoms with Crippen LogP contribution in [-0.2, 0) is 13.1 Å². The van der Waals surface area contributed by atoms with Gasteiger partial charge in [0.15, 0.2) is 0 Å². The summed E-state index contributed by atoms with van der Waals surface area (Å²) in [5.41, 5.74) is 1.25. The normalized spacial score (nSPS) is 11.0. The van der Waals surface area contributed by atoms with Crippen LogP contribution in [0, 0.1) is 5.92 Å². The number of benzene rings is 1. The maximum Gasteiger partial charge on any atom is 0.119 e. The Bertz CT molecular complexity index is 554. The summed E-state index contributed by atoms with van der Waals surface area (Å²) in [4.78, 5) is 0. The Morgan fingerprint density at radius 2 is 2.24 bits per heavy atom. The first kappa shape index (κ1) is 16.0. The maximum absolute atomic E-state index is 5.78. The van der Waals surface area contributed by atoms with Gasteiger partial charge in [0.1, 0.15) is 12.4 Å². The van der Waals surface area contributed by atoms with Crippen LogP contribution in [0.5, 0.6) is 5.75 Å². The topological polar surface area (TPSA) is 39.1 Å². The van der Waals surface area contributed by atoms with Crippen molar-refractivity contribution in [3.8, 4) is 5.75 Å². The van der Waals surface area contributed by atoms with E-state index in [1.807, 2.05) is 23.0 Å². The zero-order valence-corrected chi connectivity index (χ0v) is 14.1. The molecular formula is C16H22BrN3O. The second-order valence-corrected chi connectivity index (χ2v) is 6.36. The number of ether oxygens (including phenoxy) is 1. The molecule has 0 fully saturated rings. The van der Waals surface area contributed by atoms with Crippen molar-refractivity contribution >= 4 is 15.9 Å². The van der Waals surface area contributed by atoms with Crippen molar-refractivity contribution in [2.24, 2.45) is 5.92 Å². The fourth-order valence-electron chi connectivity index (χ4n) is 1.97. The van der Waals surface area contributed by atoms with Crippen molar-refractivity contribution in [3.05, 3.63) is 46.7 Å². The van der Waals surface area contributed by atoms with Crippen molar-refractivity contribution in [3.63, 3.8) is 0 Å². The molecule has 1 N–H and O–H groups in total. The minimum absolute atomic E-state index is 0.608. The number of halogens is 1. The SMILES string of the molecule is CC(C)CNCc1cccc(OCCn2cc(Br)cn2)c1. The van der Waals surface area contributed by atoms with Gasteiger partial charge in [-0.15, -0.1) is 0 Å². The minimum atomic E-state index is 0.608. The Morgan fingerprint density at radius 3 is 2.95 bits per heavy atom. The lowest BCUT2D eigenvalue weighted by Crippen LogP contribution is -2.18. The van der Waals surface area contributed by atoms with Gasteiger partial charge in [0, 0.05) is 12.7 Å². The Kier molecular flexibility index (Phi) is 6.26. The van der Waals surface area contributed by atoms with Crippen LogP contribution in [0.25, 0.3) is 0 Å². The molecule has 0 atom stereocenters. The van der Waals surface area contributed by atoms with Crippen molar-refractivity contribution in [2.75, 3.05) is 13.2 Å². The number of aromatic nitrogens is 2. The third-order valence-electron chi connectivity index (χ3n) is 2.97. The predicted octanol–water partition coefficient (Wildman–Crippen LogP) is 3.47. The molecule has 4 nitrogen and oxygen atoms in total. The highest BCUT2D eigenvalue weighted by Gasteiger charge is 2.00. The number of rotatable bonds is 8. The van der Waals surface area contributed by atoms with Gasteiger partial charge in [-0.25, -0.2) is 0 Å². The highest BCUT2D eigenvalue weighted by atomic mass is 79.9. The molecule has 21 heavy (non-hydrogen) atoms. The summed E-state index contributed by atoms with van der Waals surface area (Å²) in [5, 5.41) is 7.64. The highest BCUT2D eigenvalue weighted by Crippen LogP contribution is 2.13. The van der Waals surface area contributed by atoms with Gasteiger partial charge < -0.3 is 10.1 Å². The standard InChI is InChI=1S/C16H22BrN3O/c1-13(2)9-18-10-14-4-3-5-16(8-14)21-7-6-20-12-15(17)11-19-20/h3-5,8,11-13,18H,6-7,9-10H2,1-2H3. The maximum atomic E-state index is 5.78. The summed E-state index contributed by atoms with van der Waals surface area (Å²) >= 11 is 3.38. The van der Waals surface area contributed by atoms with Gasteiger partial charge >= 0.3 is 0 Å². The lowest BCUT2D eigenvalue weighted by Gasteiger charge is -2.10. The van der Waals surface area contributed by atoms with E-state index in [1.54, 1.807) is 6.20 Å². The van der Waals surface area contributed by atoms with E-state index in [4.69, 9.17) is 4.74 Å². The fraction of sp³-hybridized carbons (Fsp3) is 0.438. The van der Waals surface area contributed by atoms with E-state index in [-0.39, 0.29) is 0 Å². The summed E-state index contributed by atoms with van der Waals surface area (Å²) in [5.74, 6) is 1.57. The summed E-state index contributed by atoms with van der Waals surface area (Å²) < 4.78 is 8.63.